The molecular weight excluding hydrogens is 546 g/mol. The van der Waals surface area contributed by atoms with Gasteiger partial charge in [-0.25, -0.2) is 8.42 Å². The first-order chi connectivity index (χ1) is 20.1. The van der Waals surface area contributed by atoms with E-state index in [1.807, 2.05) is 64.1 Å². The zero-order chi connectivity index (χ0) is 30.3. The third-order valence-electron chi connectivity index (χ3n) is 8.18. The number of nitrogens with zero attached hydrogens (tertiary/aromatic N) is 2. The molecule has 7 nitrogen and oxygen atoms in total. The molecule has 1 atom stereocenters. The average molecular weight is 590 g/mol. The molecule has 42 heavy (non-hydrogen) atoms. The molecule has 0 spiro atoms. The van der Waals surface area contributed by atoms with Crippen LogP contribution in [-0.2, 0) is 26.2 Å². The number of hydrogen-bond acceptors (Lipinski definition) is 4. The molecule has 0 unspecified atom stereocenters. The highest BCUT2D eigenvalue weighted by atomic mass is 32.2. The van der Waals surface area contributed by atoms with Crippen molar-refractivity contribution in [3.05, 3.63) is 95.1 Å². The van der Waals surface area contributed by atoms with Crippen molar-refractivity contribution in [1.82, 2.24) is 10.2 Å². The quantitative estimate of drug-likeness (QED) is 0.294. The number of hydrogen-bond donors (Lipinski definition) is 1. The predicted molar refractivity (Wildman–Crippen MR) is 168 cm³/mol. The Labute approximate surface area is 251 Å². The smallest absolute Gasteiger partial charge is 0.264 e. The molecule has 0 aliphatic heterocycles. The zero-order valence-corrected chi connectivity index (χ0v) is 26.0. The Balaban J connectivity index is 1.74. The van der Waals surface area contributed by atoms with Gasteiger partial charge in [-0.3, -0.25) is 13.9 Å². The van der Waals surface area contributed by atoms with E-state index in [4.69, 9.17) is 0 Å². The zero-order valence-electron chi connectivity index (χ0n) is 25.2. The first-order valence-electron chi connectivity index (χ1n) is 14.9. The molecule has 8 heteroatoms. The van der Waals surface area contributed by atoms with Crippen LogP contribution in [0.1, 0.15) is 67.7 Å². The van der Waals surface area contributed by atoms with Crippen LogP contribution in [0.3, 0.4) is 0 Å². The number of sulfonamides is 1. The van der Waals surface area contributed by atoms with Gasteiger partial charge in [0.05, 0.1) is 10.6 Å². The van der Waals surface area contributed by atoms with Gasteiger partial charge < -0.3 is 10.2 Å². The third kappa shape index (κ3) is 7.40. The lowest BCUT2D eigenvalue weighted by atomic mass is 9.95. The Morgan fingerprint density at radius 3 is 2.21 bits per heavy atom. The highest BCUT2D eigenvalue weighted by molar-refractivity contribution is 7.92. The SMILES string of the molecule is CC[C@H](C(=O)NC1CCCCC1)N(Cc1ccccc1C)C(=O)CN(c1cc(C)ccc1C)S(=O)(=O)c1ccccc1. The van der Waals surface area contributed by atoms with Crippen molar-refractivity contribution < 1.29 is 18.0 Å². The Hall–Kier alpha value is -3.65. The van der Waals surface area contributed by atoms with E-state index in [0.29, 0.717) is 12.1 Å². The lowest BCUT2D eigenvalue weighted by Crippen LogP contribution is -2.54. The van der Waals surface area contributed by atoms with Gasteiger partial charge >= 0.3 is 0 Å². The minimum absolute atomic E-state index is 0.0978. The average Bonchev–Trinajstić information content (AvgIpc) is 2.99. The number of benzene rings is 3. The number of anilines is 1. The van der Waals surface area contributed by atoms with E-state index in [1.54, 1.807) is 29.2 Å². The molecule has 0 aromatic heterocycles. The van der Waals surface area contributed by atoms with Crippen molar-refractivity contribution in [2.75, 3.05) is 10.8 Å². The molecule has 4 rings (SSSR count). The van der Waals surface area contributed by atoms with Crippen LogP contribution >= 0.6 is 0 Å². The summed E-state index contributed by atoms with van der Waals surface area (Å²) in [6, 6.07) is 20.9. The Morgan fingerprint density at radius 2 is 1.55 bits per heavy atom. The number of amides is 2. The maximum atomic E-state index is 14.4. The highest BCUT2D eigenvalue weighted by Crippen LogP contribution is 2.29. The van der Waals surface area contributed by atoms with E-state index in [2.05, 4.69) is 5.32 Å². The molecule has 3 aromatic carbocycles. The summed E-state index contributed by atoms with van der Waals surface area (Å²) in [4.78, 5) is 29.7. The van der Waals surface area contributed by atoms with Crippen LogP contribution in [0, 0.1) is 20.8 Å². The van der Waals surface area contributed by atoms with E-state index in [9.17, 15) is 18.0 Å². The summed E-state index contributed by atoms with van der Waals surface area (Å²) in [5, 5.41) is 3.20. The number of rotatable bonds is 11. The normalized spacial score (nSPS) is 14.7. The van der Waals surface area contributed by atoms with E-state index < -0.39 is 28.5 Å². The van der Waals surface area contributed by atoms with Crippen LogP contribution in [0.15, 0.2) is 77.7 Å². The van der Waals surface area contributed by atoms with Crippen LogP contribution in [0.25, 0.3) is 0 Å². The molecule has 1 saturated carbocycles. The summed E-state index contributed by atoms with van der Waals surface area (Å²) in [5.74, 6) is -0.611. The largest absolute Gasteiger partial charge is 0.352 e. The molecule has 1 N–H and O–H groups in total. The van der Waals surface area contributed by atoms with Crippen LogP contribution in [-0.4, -0.2) is 43.8 Å². The van der Waals surface area contributed by atoms with Gasteiger partial charge in [-0.15, -0.1) is 0 Å². The van der Waals surface area contributed by atoms with Gasteiger partial charge in [0.1, 0.15) is 12.6 Å². The standard InChI is InChI=1S/C34H43N3O4S/c1-5-31(34(39)35-29-16-8-6-9-17-29)36(23-28-15-13-12-14-26(28)3)33(38)24-37(32-22-25(2)20-21-27(32)4)42(40,41)30-18-10-7-11-19-30/h7,10-15,18-22,29,31H,5-6,8-9,16-17,23-24H2,1-4H3,(H,35,39)/t31-/m1/s1. The summed E-state index contributed by atoms with van der Waals surface area (Å²) >= 11 is 0. The Kier molecular flexibility index (Phi) is 10.4. The van der Waals surface area contributed by atoms with Gasteiger partial charge in [-0.2, -0.15) is 0 Å². The van der Waals surface area contributed by atoms with E-state index in [1.165, 1.54) is 22.9 Å². The van der Waals surface area contributed by atoms with Gasteiger partial charge in [0.15, 0.2) is 0 Å². The van der Waals surface area contributed by atoms with Crippen molar-refractivity contribution in [2.24, 2.45) is 0 Å². The molecule has 3 aromatic rings. The maximum Gasteiger partial charge on any atom is 0.264 e. The number of carbonyl (C=O) groups excluding carboxylic acids is 2. The lowest BCUT2D eigenvalue weighted by molar-refractivity contribution is -0.140. The van der Waals surface area contributed by atoms with Crippen molar-refractivity contribution in [1.29, 1.82) is 0 Å². The third-order valence-corrected chi connectivity index (χ3v) is 9.96. The van der Waals surface area contributed by atoms with Gasteiger partial charge in [-0.1, -0.05) is 80.8 Å². The molecular formula is C34H43N3O4S. The van der Waals surface area contributed by atoms with Crippen molar-refractivity contribution in [3.8, 4) is 0 Å². The van der Waals surface area contributed by atoms with Crippen LogP contribution < -0.4 is 9.62 Å². The summed E-state index contributed by atoms with van der Waals surface area (Å²) in [7, 11) is -4.09. The molecule has 224 valence electrons. The van der Waals surface area contributed by atoms with E-state index in [0.717, 1.165) is 47.9 Å². The minimum atomic E-state index is -4.09. The van der Waals surface area contributed by atoms with Gasteiger partial charge in [-0.05, 0) is 80.5 Å². The maximum absolute atomic E-state index is 14.4. The second kappa shape index (κ2) is 14.0. The lowest BCUT2D eigenvalue weighted by Gasteiger charge is -2.35. The second-order valence-electron chi connectivity index (χ2n) is 11.3. The monoisotopic (exact) mass is 589 g/mol. The van der Waals surface area contributed by atoms with Crippen molar-refractivity contribution in [3.63, 3.8) is 0 Å². The predicted octanol–water partition coefficient (Wildman–Crippen LogP) is 6.06. The summed E-state index contributed by atoms with van der Waals surface area (Å²) in [5.41, 5.74) is 3.98. The van der Waals surface area contributed by atoms with Gasteiger partial charge in [0.2, 0.25) is 11.8 Å². The van der Waals surface area contributed by atoms with E-state index in [-0.39, 0.29) is 23.4 Å². The topological polar surface area (TPSA) is 86.8 Å². The van der Waals surface area contributed by atoms with Crippen molar-refractivity contribution in [2.45, 2.75) is 89.7 Å². The minimum Gasteiger partial charge on any atom is -0.352 e. The Morgan fingerprint density at radius 1 is 0.881 bits per heavy atom. The molecule has 1 fully saturated rings. The first kappa shape index (κ1) is 31.3. The summed E-state index contributed by atoms with van der Waals surface area (Å²) < 4.78 is 29.4. The highest BCUT2D eigenvalue weighted by Gasteiger charge is 2.35. The molecule has 2 amide bonds. The first-order valence-corrected chi connectivity index (χ1v) is 16.3. The Bertz CT molecular complexity index is 1480. The van der Waals surface area contributed by atoms with Crippen LogP contribution in [0.4, 0.5) is 5.69 Å². The fourth-order valence-corrected chi connectivity index (χ4v) is 7.15. The summed E-state index contributed by atoms with van der Waals surface area (Å²) in [6.45, 7) is 7.38. The van der Waals surface area contributed by atoms with Crippen molar-refractivity contribution >= 4 is 27.5 Å². The van der Waals surface area contributed by atoms with Crippen LogP contribution in [0.5, 0.6) is 0 Å². The van der Waals surface area contributed by atoms with E-state index >= 15 is 0 Å². The molecule has 1 aliphatic carbocycles. The molecule has 0 bridgehead atoms. The fraction of sp³-hybridized carbons (Fsp3) is 0.412. The van der Waals surface area contributed by atoms with Gasteiger partial charge in [0, 0.05) is 12.6 Å². The van der Waals surface area contributed by atoms with Crippen LogP contribution in [0.2, 0.25) is 0 Å². The second-order valence-corrected chi connectivity index (χ2v) is 13.2. The number of aryl methyl sites for hydroxylation is 3. The molecule has 1 aliphatic rings. The molecule has 0 radical (unpaired) electrons. The number of nitrogens with one attached hydrogen (secondary N) is 1. The summed E-state index contributed by atoms with van der Waals surface area (Å²) in [6.07, 6.45) is 5.61. The number of carbonyl (C=O) groups is 2. The molecule has 0 heterocycles. The fourth-order valence-electron chi connectivity index (χ4n) is 5.66. The molecule has 0 saturated heterocycles. The van der Waals surface area contributed by atoms with Gasteiger partial charge in [0.25, 0.3) is 10.0 Å².